The molecule has 0 aliphatic heterocycles. The molecular weight excluding hydrogens is 333 g/mol. The molecule has 2 aromatic carbocycles. The van der Waals surface area contributed by atoms with Crippen molar-refractivity contribution >= 4 is 9.84 Å². The van der Waals surface area contributed by atoms with Crippen molar-refractivity contribution in [1.82, 2.24) is 15.0 Å². The number of rotatable bonds is 4. The molecule has 0 bridgehead atoms. The lowest BCUT2D eigenvalue weighted by Crippen LogP contribution is -2.06. The Hall–Kier alpha value is -2.74. The number of hydrogen-bond acceptors (Lipinski definition) is 5. The van der Waals surface area contributed by atoms with E-state index in [9.17, 15) is 12.8 Å². The largest absolute Gasteiger partial charge is 0.497 e. The minimum absolute atomic E-state index is 0.0812. The Morgan fingerprint density at radius 1 is 1.12 bits per heavy atom. The van der Waals surface area contributed by atoms with E-state index in [0.29, 0.717) is 17.1 Å². The first kappa shape index (κ1) is 16.1. The van der Waals surface area contributed by atoms with E-state index >= 15 is 0 Å². The third kappa shape index (κ3) is 2.76. The zero-order valence-corrected chi connectivity index (χ0v) is 13.8. The van der Waals surface area contributed by atoms with Gasteiger partial charge >= 0.3 is 0 Å². The normalized spacial score (nSPS) is 11.5. The number of aromatic nitrogens is 3. The third-order valence-corrected chi connectivity index (χ3v) is 5.31. The van der Waals surface area contributed by atoms with E-state index in [1.165, 1.54) is 42.1 Å². The van der Waals surface area contributed by atoms with Gasteiger partial charge in [-0.05, 0) is 49.4 Å². The summed E-state index contributed by atoms with van der Waals surface area (Å²) in [6, 6.07) is 11.7. The molecule has 1 aromatic heterocycles. The van der Waals surface area contributed by atoms with Gasteiger partial charge in [-0.3, -0.25) is 0 Å². The van der Waals surface area contributed by atoms with Gasteiger partial charge in [0.25, 0.3) is 0 Å². The van der Waals surface area contributed by atoms with Crippen LogP contribution in [0.4, 0.5) is 4.39 Å². The predicted octanol–water partition coefficient (Wildman–Crippen LogP) is 2.56. The summed E-state index contributed by atoms with van der Waals surface area (Å²) in [5.74, 6) is 0.107. The summed E-state index contributed by atoms with van der Waals surface area (Å²) < 4.78 is 45.2. The van der Waals surface area contributed by atoms with Crippen LogP contribution in [0.15, 0.2) is 58.5 Å². The van der Waals surface area contributed by atoms with Crippen molar-refractivity contribution in [2.24, 2.45) is 0 Å². The maximum absolute atomic E-state index is 13.4. The quantitative estimate of drug-likeness (QED) is 0.725. The summed E-state index contributed by atoms with van der Waals surface area (Å²) >= 11 is 0. The molecular formula is C16H14FN3O3S. The van der Waals surface area contributed by atoms with Crippen molar-refractivity contribution in [2.75, 3.05) is 7.11 Å². The number of nitrogens with zero attached hydrogens (tertiary/aromatic N) is 3. The molecule has 0 amide bonds. The zero-order valence-electron chi connectivity index (χ0n) is 13.0. The van der Waals surface area contributed by atoms with Gasteiger partial charge in [0.15, 0.2) is 0 Å². The second kappa shape index (κ2) is 6.04. The Kier molecular flexibility index (Phi) is 4.06. The molecule has 0 radical (unpaired) electrons. The van der Waals surface area contributed by atoms with Gasteiger partial charge in [-0.1, -0.05) is 11.3 Å². The van der Waals surface area contributed by atoms with Crippen molar-refractivity contribution in [3.05, 3.63) is 60.0 Å². The van der Waals surface area contributed by atoms with Crippen molar-refractivity contribution in [1.29, 1.82) is 0 Å². The van der Waals surface area contributed by atoms with Crippen LogP contribution in [0.3, 0.4) is 0 Å². The number of halogens is 1. The van der Waals surface area contributed by atoms with Crippen LogP contribution in [0.1, 0.15) is 5.69 Å². The summed E-state index contributed by atoms with van der Waals surface area (Å²) in [4.78, 5) is 0.0812. The highest BCUT2D eigenvalue weighted by molar-refractivity contribution is 7.91. The lowest BCUT2D eigenvalue weighted by Gasteiger charge is -2.05. The molecule has 24 heavy (non-hydrogen) atoms. The number of methoxy groups -OCH3 is 1. The number of hydrogen-bond donors (Lipinski definition) is 0. The zero-order chi connectivity index (χ0) is 17.3. The van der Waals surface area contributed by atoms with Crippen LogP contribution in [-0.2, 0) is 9.84 Å². The van der Waals surface area contributed by atoms with E-state index in [0.717, 1.165) is 0 Å². The lowest BCUT2D eigenvalue weighted by molar-refractivity contribution is 0.414. The maximum Gasteiger partial charge on any atom is 0.227 e. The summed E-state index contributed by atoms with van der Waals surface area (Å²) in [6.07, 6.45) is 0. The van der Waals surface area contributed by atoms with Gasteiger partial charge in [0.2, 0.25) is 14.9 Å². The second-order valence-corrected chi connectivity index (χ2v) is 6.92. The average Bonchev–Trinajstić information content (AvgIpc) is 2.97. The highest BCUT2D eigenvalue weighted by Gasteiger charge is 2.26. The van der Waals surface area contributed by atoms with Gasteiger partial charge in [0.1, 0.15) is 11.6 Å². The number of ether oxygens (including phenoxy) is 1. The summed E-state index contributed by atoms with van der Waals surface area (Å²) in [5, 5.41) is 7.46. The molecule has 3 rings (SSSR count). The first-order chi connectivity index (χ1) is 11.4. The van der Waals surface area contributed by atoms with Gasteiger partial charge in [-0.25, -0.2) is 17.5 Å². The molecule has 0 saturated heterocycles. The van der Waals surface area contributed by atoms with E-state index < -0.39 is 15.7 Å². The second-order valence-electron chi connectivity index (χ2n) is 5.05. The molecule has 0 spiro atoms. The molecule has 0 atom stereocenters. The molecule has 8 heteroatoms. The molecule has 0 saturated carbocycles. The first-order valence-corrected chi connectivity index (χ1v) is 8.49. The van der Waals surface area contributed by atoms with Crippen LogP contribution in [0.2, 0.25) is 0 Å². The minimum Gasteiger partial charge on any atom is -0.497 e. The standard InChI is InChI=1S/C16H14FN3O3S/c1-11-16(18-19-20(11)13-5-3-4-12(17)10-13)24(21,22)15-8-6-14(23-2)7-9-15/h3-10H,1-2H3. The topological polar surface area (TPSA) is 74.1 Å². The molecule has 6 nitrogen and oxygen atoms in total. The smallest absolute Gasteiger partial charge is 0.227 e. The fraction of sp³-hybridized carbons (Fsp3) is 0.125. The van der Waals surface area contributed by atoms with Crippen LogP contribution < -0.4 is 4.74 Å². The van der Waals surface area contributed by atoms with Gasteiger partial charge in [0.05, 0.1) is 23.4 Å². The number of sulfone groups is 1. The Balaban J connectivity index is 2.06. The van der Waals surface area contributed by atoms with Crippen molar-refractivity contribution in [2.45, 2.75) is 16.8 Å². The highest BCUT2D eigenvalue weighted by Crippen LogP contribution is 2.25. The van der Waals surface area contributed by atoms with Gasteiger partial charge in [0, 0.05) is 0 Å². The fourth-order valence-corrected chi connectivity index (χ4v) is 3.62. The molecule has 124 valence electrons. The van der Waals surface area contributed by atoms with E-state index in [1.807, 2.05) is 0 Å². The van der Waals surface area contributed by atoms with Gasteiger partial charge < -0.3 is 4.74 Å². The molecule has 0 unspecified atom stereocenters. The Morgan fingerprint density at radius 2 is 1.83 bits per heavy atom. The summed E-state index contributed by atoms with van der Waals surface area (Å²) in [6.45, 7) is 1.57. The van der Waals surface area contributed by atoms with Crippen molar-refractivity contribution in [3.8, 4) is 11.4 Å². The van der Waals surface area contributed by atoms with E-state index in [4.69, 9.17) is 4.74 Å². The van der Waals surface area contributed by atoms with Crippen LogP contribution in [0, 0.1) is 12.7 Å². The van der Waals surface area contributed by atoms with Gasteiger partial charge in [-0.2, -0.15) is 0 Å². The third-order valence-electron chi connectivity index (χ3n) is 3.53. The highest BCUT2D eigenvalue weighted by atomic mass is 32.2. The molecule has 0 aliphatic rings. The van der Waals surface area contributed by atoms with Crippen LogP contribution in [-0.4, -0.2) is 30.5 Å². The van der Waals surface area contributed by atoms with E-state index in [2.05, 4.69) is 10.3 Å². The van der Waals surface area contributed by atoms with E-state index in [1.54, 1.807) is 25.1 Å². The van der Waals surface area contributed by atoms with E-state index in [-0.39, 0.29) is 9.92 Å². The van der Waals surface area contributed by atoms with Gasteiger partial charge in [-0.15, -0.1) is 5.10 Å². The number of benzene rings is 2. The van der Waals surface area contributed by atoms with Crippen molar-refractivity contribution in [3.63, 3.8) is 0 Å². The maximum atomic E-state index is 13.4. The Morgan fingerprint density at radius 3 is 2.46 bits per heavy atom. The molecule has 1 heterocycles. The minimum atomic E-state index is -3.84. The molecule has 0 N–H and O–H groups in total. The summed E-state index contributed by atoms with van der Waals surface area (Å²) in [7, 11) is -2.34. The Bertz CT molecular complexity index is 982. The summed E-state index contributed by atoms with van der Waals surface area (Å²) in [5.41, 5.74) is 0.701. The predicted molar refractivity (Wildman–Crippen MR) is 84.5 cm³/mol. The molecule has 3 aromatic rings. The lowest BCUT2D eigenvalue weighted by atomic mass is 10.3. The van der Waals surface area contributed by atoms with Crippen molar-refractivity contribution < 1.29 is 17.5 Å². The Labute approximate surface area is 138 Å². The molecule has 0 fully saturated rings. The van der Waals surface area contributed by atoms with Crippen LogP contribution in [0.25, 0.3) is 5.69 Å². The average molecular weight is 347 g/mol. The van der Waals surface area contributed by atoms with Crippen LogP contribution in [0.5, 0.6) is 5.75 Å². The first-order valence-electron chi connectivity index (χ1n) is 7.01. The SMILES string of the molecule is COc1ccc(S(=O)(=O)c2nnn(-c3cccc(F)c3)c2C)cc1. The van der Waals surface area contributed by atoms with Crippen LogP contribution >= 0.6 is 0 Å². The monoisotopic (exact) mass is 347 g/mol. The fourth-order valence-electron chi connectivity index (χ4n) is 2.28. The molecule has 0 aliphatic carbocycles.